The molecule has 0 aliphatic carbocycles. The molecule has 0 unspecified atom stereocenters. The van der Waals surface area contributed by atoms with Gasteiger partial charge in [0.25, 0.3) is 0 Å². The molecule has 11 heteroatoms. The highest BCUT2D eigenvalue weighted by Crippen LogP contribution is 2.22. The molecule has 0 fully saturated rings. The van der Waals surface area contributed by atoms with Crippen molar-refractivity contribution < 1.29 is 19.0 Å². The van der Waals surface area contributed by atoms with Crippen LogP contribution < -0.4 is 21.7 Å². The lowest BCUT2D eigenvalue weighted by molar-refractivity contribution is -0.141. The zero-order chi connectivity index (χ0) is 27.2. The lowest BCUT2D eigenvalue weighted by atomic mass is 10.1. The topological polar surface area (TPSA) is 132 Å². The van der Waals surface area contributed by atoms with Crippen molar-refractivity contribution in [3.63, 3.8) is 0 Å². The molecule has 38 heavy (non-hydrogen) atoms. The molecule has 2 aromatic carbocycles. The summed E-state index contributed by atoms with van der Waals surface area (Å²) in [5.74, 6) is -1.39. The molecule has 0 radical (unpaired) electrons. The van der Waals surface area contributed by atoms with Gasteiger partial charge in [0.1, 0.15) is 12.4 Å². The van der Waals surface area contributed by atoms with Gasteiger partial charge in [0.2, 0.25) is 11.5 Å². The summed E-state index contributed by atoms with van der Waals surface area (Å²) in [5.41, 5.74) is 1.08. The Morgan fingerprint density at radius 3 is 2.45 bits per heavy atom. The number of nitrogens with zero attached hydrogens (tertiary/aromatic N) is 4. The van der Waals surface area contributed by atoms with Crippen LogP contribution in [0.3, 0.4) is 0 Å². The van der Waals surface area contributed by atoms with Crippen LogP contribution in [0.15, 0.2) is 81.3 Å². The monoisotopic (exact) mass is 519 g/mol. The standard InChI is InChI=1S/C27H26FN5O5/c1-17-6-8-19(9-7-17)16-32-25(31-26(36)33(27(32)37)15-18(2)24(34)35)30-20-10-12-22(13-11-20)38-23-5-3-4-21(14-28)29-23/h3-13,18H,14-16H2,1-2H3,(H,34,35)(H,30,31,36)/t18-/m0/s1. The van der Waals surface area contributed by atoms with Gasteiger partial charge in [-0.1, -0.05) is 42.8 Å². The minimum atomic E-state index is -1.12. The number of H-pyrrole nitrogens is 1. The molecule has 2 aromatic heterocycles. The Bertz CT molecular complexity index is 1620. The fourth-order valence-electron chi connectivity index (χ4n) is 3.59. The van der Waals surface area contributed by atoms with Crippen LogP contribution in [0, 0.1) is 12.8 Å². The Morgan fingerprint density at radius 2 is 1.79 bits per heavy atom. The minimum absolute atomic E-state index is 0.00536. The number of benzene rings is 2. The number of aromatic nitrogens is 4. The Kier molecular flexibility index (Phi) is 7.95. The number of carboxylic acids is 1. The summed E-state index contributed by atoms with van der Waals surface area (Å²) in [6, 6.07) is 18.8. The van der Waals surface area contributed by atoms with Crippen LogP contribution in [0.1, 0.15) is 23.7 Å². The van der Waals surface area contributed by atoms with Crippen molar-refractivity contribution in [2.45, 2.75) is 33.6 Å². The fraction of sp³-hybridized carbons (Fsp3) is 0.222. The molecule has 4 aromatic rings. The molecule has 1 atom stereocenters. The van der Waals surface area contributed by atoms with Gasteiger partial charge in [-0.25, -0.2) is 28.5 Å². The van der Waals surface area contributed by atoms with E-state index in [2.05, 4.69) is 15.0 Å². The van der Waals surface area contributed by atoms with Crippen LogP contribution >= 0.6 is 0 Å². The molecule has 196 valence electrons. The van der Waals surface area contributed by atoms with Gasteiger partial charge in [-0.05, 0) is 42.8 Å². The molecule has 2 N–H and O–H groups in total. The fourth-order valence-corrected chi connectivity index (χ4v) is 3.59. The number of halogens is 1. The van der Waals surface area contributed by atoms with Crippen molar-refractivity contribution in [3.05, 3.63) is 110 Å². The van der Waals surface area contributed by atoms with Crippen molar-refractivity contribution in [1.82, 2.24) is 19.1 Å². The molecule has 0 saturated carbocycles. The molecule has 0 saturated heterocycles. The summed E-state index contributed by atoms with van der Waals surface area (Å²) >= 11 is 0. The number of alkyl halides is 1. The van der Waals surface area contributed by atoms with Crippen molar-refractivity contribution >= 4 is 11.7 Å². The highest BCUT2D eigenvalue weighted by Gasteiger charge is 2.17. The smallest absolute Gasteiger partial charge is 0.335 e. The van der Waals surface area contributed by atoms with Crippen LogP contribution in [0.5, 0.6) is 11.6 Å². The van der Waals surface area contributed by atoms with E-state index in [1.807, 2.05) is 31.2 Å². The number of carboxylic acid groups (broad SMARTS) is 1. The van der Waals surface area contributed by atoms with Gasteiger partial charge in [-0.2, -0.15) is 0 Å². The summed E-state index contributed by atoms with van der Waals surface area (Å²) < 4.78 is 20.7. The van der Waals surface area contributed by atoms with Crippen molar-refractivity contribution in [2.75, 3.05) is 0 Å². The maximum absolute atomic E-state index is 13.3. The predicted octanol–water partition coefficient (Wildman–Crippen LogP) is 3.30. The number of nitrogens with one attached hydrogen (secondary N) is 1. The summed E-state index contributed by atoms with van der Waals surface area (Å²) in [4.78, 5) is 48.6. The Hall–Kier alpha value is -4.80. The van der Waals surface area contributed by atoms with E-state index in [0.29, 0.717) is 11.4 Å². The Labute approximate surface area is 216 Å². The molecule has 0 bridgehead atoms. The number of aliphatic carboxylic acids is 1. The van der Waals surface area contributed by atoms with E-state index in [0.717, 1.165) is 15.7 Å². The second-order valence-electron chi connectivity index (χ2n) is 8.77. The lowest BCUT2D eigenvalue weighted by Crippen LogP contribution is -2.51. The summed E-state index contributed by atoms with van der Waals surface area (Å²) in [6.45, 7) is 2.47. The Balaban J connectivity index is 1.72. The van der Waals surface area contributed by atoms with E-state index in [1.54, 1.807) is 42.5 Å². The third kappa shape index (κ3) is 6.30. The van der Waals surface area contributed by atoms with E-state index >= 15 is 0 Å². The van der Waals surface area contributed by atoms with Crippen LogP contribution in [0.25, 0.3) is 0 Å². The third-order valence-electron chi connectivity index (χ3n) is 5.73. The third-order valence-corrected chi connectivity index (χ3v) is 5.73. The first-order valence-corrected chi connectivity index (χ1v) is 11.8. The molecule has 0 aliphatic rings. The highest BCUT2D eigenvalue weighted by molar-refractivity contribution is 5.69. The van der Waals surface area contributed by atoms with E-state index in [-0.39, 0.29) is 30.3 Å². The first-order valence-electron chi connectivity index (χ1n) is 11.8. The quantitative estimate of drug-likeness (QED) is 0.349. The number of rotatable bonds is 9. The number of carbonyl (C=O) groups is 1. The molecule has 0 aliphatic heterocycles. The van der Waals surface area contributed by atoms with E-state index in [9.17, 15) is 23.9 Å². The maximum Gasteiger partial charge on any atom is 0.335 e. The minimum Gasteiger partial charge on any atom is -0.481 e. The van der Waals surface area contributed by atoms with Crippen molar-refractivity contribution in [1.29, 1.82) is 0 Å². The summed E-state index contributed by atoms with van der Waals surface area (Å²) in [6.07, 6.45) is 0. The molecular formula is C27H26FN5O5. The van der Waals surface area contributed by atoms with Gasteiger partial charge in [-0.15, -0.1) is 0 Å². The van der Waals surface area contributed by atoms with Gasteiger partial charge < -0.3 is 9.84 Å². The van der Waals surface area contributed by atoms with E-state index in [1.165, 1.54) is 11.5 Å². The van der Waals surface area contributed by atoms with Crippen LogP contribution in [0.2, 0.25) is 0 Å². The molecule has 0 amide bonds. The first kappa shape index (κ1) is 26.3. The average Bonchev–Trinajstić information content (AvgIpc) is 2.91. The number of pyridine rings is 1. The molecule has 0 spiro atoms. The number of aryl methyl sites for hydroxylation is 1. The van der Waals surface area contributed by atoms with Gasteiger partial charge in [-0.3, -0.25) is 14.3 Å². The lowest BCUT2D eigenvalue weighted by Gasteiger charge is -2.13. The van der Waals surface area contributed by atoms with Crippen LogP contribution in [0.4, 0.5) is 10.1 Å². The highest BCUT2D eigenvalue weighted by atomic mass is 19.1. The van der Waals surface area contributed by atoms with E-state index < -0.39 is 29.9 Å². The van der Waals surface area contributed by atoms with Crippen LogP contribution in [-0.4, -0.2) is 30.2 Å². The van der Waals surface area contributed by atoms with Crippen LogP contribution in [-0.2, 0) is 24.6 Å². The summed E-state index contributed by atoms with van der Waals surface area (Å²) in [5, 5.41) is 9.26. The molecule has 10 nitrogen and oxygen atoms in total. The normalized spacial score (nSPS) is 12.3. The number of hydrogen-bond acceptors (Lipinski definition) is 6. The van der Waals surface area contributed by atoms with Gasteiger partial charge in [0, 0.05) is 12.6 Å². The average molecular weight is 520 g/mol. The number of aromatic amines is 1. The van der Waals surface area contributed by atoms with Gasteiger partial charge in [0.05, 0.1) is 23.8 Å². The van der Waals surface area contributed by atoms with Gasteiger partial charge in [0.15, 0.2) is 0 Å². The second kappa shape index (κ2) is 11.5. The largest absolute Gasteiger partial charge is 0.481 e. The predicted molar refractivity (Wildman–Crippen MR) is 137 cm³/mol. The molecular weight excluding hydrogens is 493 g/mol. The van der Waals surface area contributed by atoms with E-state index in [4.69, 9.17) is 4.74 Å². The second-order valence-corrected chi connectivity index (χ2v) is 8.77. The van der Waals surface area contributed by atoms with Crippen molar-refractivity contribution in [2.24, 2.45) is 10.9 Å². The number of hydrogen-bond donors (Lipinski definition) is 2. The van der Waals surface area contributed by atoms with Crippen molar-refractivity contribution in [3.8, 4) is 11.6 Å². The SMILES string of the molecule is Cc1ccc(Cn2c(=O)n(C[C@H](C)C(=O)O)c(=O)[nH]/c2=N\c2ccc(Oc3cccc(CF)n3)cc2)cc1. The zero-order valence-corrected chi connectivity index (χ0v) is 20.8. The summed E-state index contributed by atoms with van der Waals surface area (Å²) in [7, 11) is 0. The van der Waals surface area contributed by atoms with Gasteiger partial charge >= 0.3 is 17.3 Å². The molecule has 4 rings (SSSR count). The first-order chi connectivity index (χ1) is 18.2. The zero-order valence-electron chi connectivity index (χ0n) is 20.8. The Morgan fingerprint density at radius 1 is 1.08 bits per heavy atom. The number of ether oxygens (including phenoxy) is 1. The maximum atomic E-state index is 13.3. The molecule has 2 heterocycles.